The zero-order chi connectivity index (χ0) is 22.4. The van der Waals surface area contributed by atoms with E-state index in [0.717, 1.165) is 24.8 Å². The van der Waals surface area contributed by atoms with Gasteiger partial charge in [0, 0.05) is 5.69 Å². The molecule has 1 heterocycles. The molecule has 2 aromatic rings. The maximum atomic E-state index is 13.0. The minimum absolute atomic E-state index is 0.157. The number of benzene rings is 2. The molecule has 7 nitrogen and oxygen atoms in total. The molecule has 1 saturated heterocycles. The number of carbonyl (C=O) groups excluding carboxylic acids is 4. The Kier molecular flexibility index (Phi) is 5.04. The van der Waals surface area contributed by atoms with Crippen LogP contribution in [0.3, 0.4) is 0 Å². The van der Waals surface area contributed by atoms with Gasteiger partial charge in [-0.2, -0.15) is 0 Å². The summed E-state index contributed by atoms with van der Waals surface area (Å²) in [5.74, 6) is -1.30. The lowest BCUT2D eigenvalue weighted by atomic mass is 9.81. The molecule has 4 atom stereocenters. The quantitative estimate of drug-likeness (QED) is 0.578. The first-order valence-electron chi connectivity index (χ1n) is 10.9. The average molecular weight is 432 g/mol. The van der Waals surface area contributed by atoms with Crippen molar-refractivity contribution < 1.29 is 23.9 Å². The Balaban J connectivity index is 1.25. The van der Waals surface area contributed by atoms with Crippen LogP contribution in [0.2, 0.25) is 0 Å². The second kappa shape index (κ2) is 7.89. The first kappa shape index (κ1) is 20.4. The van der Waals surface area contributed by atoms with Crippen molar-refractivity contribution in [3.8, 4) is 0 Å². The highest BCUT2D eigenvalue weighted by molar-refractivity contribution is 6.22. The van der Waals surface area contributed by atoms with E-state index in [-0.39, 0.29) is 29.2 Å². The second-order valence-electron chi connectivity index (χ2n) is 8.94. The standard InChI is InChI=1S/C25H24N2O5/c1-14-4-2-6-18(10-14)26-20(28)13-32-25(31)17-5-3-7-19(12-17)27-23(29)21-15-8-9-16(11-15)22(21)24(27)30/h2-7,10,12,15-16,21-22H,8-9,11,13H2,1H3,(H,26,28)/t15-,16-,21-,22-/m0/s1. The highest BCUT2D eigenvalue weighted by Crippen LogP contribution is 2.56. The van der Waals surface area contributed by atoms with Gasteiger partial charge in [-0.05, 0) is 73.9 Å². The van der Waals surface area contributed by atoms with E-state index in [1.54, 1.807) is 24.3 Å². The molecular formula is C25H24N2O5. The number of ether oxygens (including phenoxy) is 1. The lowest BCUT2D eigenvalue weighted by Gasteiger charge is -2.19. The molecule has 3 amide bonds. The molecule has 1 aliphatic heterocycles. The topological polar surface area (TPSA) is 92.8 Å². The Labute approximate surface area is 185 Å². The van der Waals surface area contributed by atoms with E-state index in [1.807, 2.05) is 25.1 Å². The number of anilines is 2. The van der Waals surface area contributed by atoms with Crippen LogP contribution in [-0.2, 0) is 19.1 Å². The van der Waals surface area contributed by atoms with Crippen molar-refractivity contribution in [2.45, 2.75) is 26.2 Å². The third-order valence-electron chi connectivity index (χ3n) is 6.90. The minimum atomic E-state index is -0.689. The number of nitrogens with zero attached hydrogens (tertiary/aromatic N) is 1. The number of amides is 3. The van der Waals surface area contributed by atoms with Crippen LogP contribution in [-0.4, -0.2) is 30.3 Å². The van der Waals surface area contributed by atoms with E-state index in [9.17, 15) is 19.2 Å². The lowest BCUT2D eigenvalue weighted by Crippen LogP contribution is -2.32. The zero-order valence-electron chi connectivity index (χ0n) is 17.7. The average Bonchev–Trinajstić information content (AvgIpc) is 3.46. The molecule has 1 N–H and O–H groups in total. The number of aryl methyl sites for hydroxylation is 1. The number of imide groups is 1. The number of esters is 1. The fraction of sp³-hybridized carbons (Fsp3) is 0.360. The van der Waals surface area contributed by atoms with Gasteiger partial charge in [-0.25, -0.2) is 4.79 Å². The van der Waals surface area contributed by atoms with Crippen LogP contribution in [0.25, 0.3) is 0 Å². The summed E-state index contributed by atoms with van der Waals surface area (Å²) in [6, 6.07) is 13.6. The van der Waals surface area contributed by atoms with Crippen molar-refractivity contribution >= 4 is 35.1 Å². The number of fused-ring (bicyclic) bond motifs is 5. The smallest absolute Gasteiger partial charge is 0.338 e. The summed E-state index contributed by atoms with van der Waals surface area (Å²) in [5.41, 5.74) is 2.19. The first-order valence-corrected chi connectivity index (χ1v) is 10.9. The van der Waals surface area contributed by atoms with Crippen molar-refractivity contribution in [2.24, 2.45) is 23.7 Å². The van der Waals surface area contributed by atoms with E-state index >= 15 is 0 Å². The van der Waals surface area contributed by atoms with Crippen LogP contribution < -0.4 is 10.2 Å². The van der Waals surface area contributed by atoms with E-state index in [4.69, 9.17) is 4.74 Å². The maximum Gasteiger partial charge on any atom is 0.338 e. The molecular weight excluding hydrogens is 408 g/mol. The molecule has 2 aromatic carbocycles. The van der Waals surface area contributed by atoms with Gasteiger partial charge in [0.25, 0.3) is 5.91 Å². The second-order valence-corrected chi connectivity index (χ2v) is 8.94. The predicted molar refractivity (Wildman–Crippen MR) is 117 cm³/mol. The first-order chi connectivity index (χ1) is 15.4. The Hall–Kier alpha value is -3.48. The van der Waals surface area contributed by atoms with Gasteiger partial charge in [0.15, 0.2) is 6.61 Å². The molecule has 3 aliphatic rings. The largest absolute Gasteiger partial charge is 0.452 e. The predicted octanol–water partition coefficient (Wildman–Crippen LogP) is 3.33. The minimum Gasteiger partial charge on any atom is -0.452 e. The summed E-state index contributed by atoms with van der Waals surface area (Å²) < 4.78 is 5.14. The van der Waals surface area contributed by atoms with Crippen molar-refractivity contribution in [3.63, 3.8) is 0 Å². The van der Waals surface area contributed by atoms with E-state index < -0.39 is 18.5 Å². The molecule has 0 radical (unpaired) electrons. The fourth-order valence-electron chi connectivity index (χ4n) is 5.57. The number of hydrogen-bond donors (Lipinski definition) is 1. The van der Waals surface area contributed by atoms with Gasteiger partial charge >= 0.3 is 5.97 Å². The zero-order valence-corrected chi connectivity index (χ0v) is 17.7. The number of carbonyl (C=O) groups is 4. The van der Waals surface area contributed by atoms with Crippen LogP contribution in [0.1, 0.15) is 35.2 Å². The summed E-state index contributed by atoms with van der Waals surface area (Å²) in [7, 11) is 0. The van der Waals surface area contributed by atoms with Crippen LogP contribution in [0.5, 0.6) is 0 Å². The van der Waals surface area contributed by atoms with Gasteiger partial charge in [0.05, 0.1) is 23.1 Å². The Bertz CT molecular complexity index is 1100. The lowest BCUT2D eigenvalue weighted by molar-refractivity contribution is -0.123. The van der Waals surface area contributed by atoms with Crippen LogP contribution in [0.4, 0.5) is 11.4 Å². The summed E-state index contributed by atoms with van der Waals surface area (Å²) in [5, 5.41) is 2.68. The number of hydrogen-bond acceptors (Lipinski definition) is 5. The van der Waals surface area contributed by atoms with Crippen LogP contribution >= 0.6 is 0 Å². The molecule has 164 valence electrons. The third-order valence-corrected chi connectivity index (χ3v) is 6.90. The van der Waals surface area contributed by atoms with Gasteiger partial charge in [0.1, 0.15) is 0 Å². The summed E-state index contributed by atoms with van der Waals surface area (Å²) in [6.07, 6.45) is 2.99. The Morgan fingerprint density at radius 1 is 1.00 bits per heavy atom. The van der Waals surface area contributed by atoms with Crippen molar-refractivity contribution in [2.75, 3.05) is 16.8 Å². The van der Waals surface area contributed by atoms with Gasteiger partial charge in [-0.15, -0.1) is 0 Å². The van der Waals surface area contributed by atoms with Gasteiger partial charge < -0.3 is 10.1 Å². The molecule has 2 bridgehead atoms. The van der Waals surface area contributed by atoms with Crippen LogP contribution in [0, 0.1) is 30.6 Å². The molecule has 3 fully saturated rings. The van der Waals surface area contributed by atoms with Crippen molar-refractivity contribution in [1.82, 2.24) is 0 Å². The van der Waals surface area contributed by atoms with E-state index in [1.165, 1.54) is 11.0 Å². The van der Waals surface area contributed by atoms with Crippen LogP contribution in [0.15, 0.2) is 48.5 Å². The number of rotatable bonds is 5. The molecule has 32 heavy (non-hydrogen) atoms. The fourth-order valence-corrected chi connectivity index (χ4v) is 5.57. The van der Waals surface area contributed by atoms with E-state index in [2.05, 4.69) is 5.32 Å². The molecule has 2 aliphatic carbocycles. The molecule has 2 saturated carbocycles. The monoisotopic (exact) mass is 432 g/mol. The Morgan fingerprint density at radius 3 is 2.38 bits per heavy atom. The highest BCUT2D eigenvalue weighted by atomic mass is 16.5. The van der Waals surface area contributed by atoms with Gasteiger partial charge in [-0.1, -0.05) is 18.2 Å². The molecule has 0 unspecified atom stereocenters. The molecule has 0 aromatic heterocycles. The number of nitrogens with one attached hydrogen (secondary N) is 1. The normalized spacial score (nSPS) is 25.7. The maximum absolute atomic E-state index is 13.0. The van der Waals surface area contributed by atoms with Crippen molar-refractivity contribution in [3.05, 3.63) is 59.7 Å². The summed E-state index contributed by atoms with van der Waals surface area (Å²) in [4.78, 5) is 51.9. The third kappa shape index (κ3) is 3.47. The molecule has 5 rings (SSSR count). The summed E-state index contributed by atoms with van der Waals surface area (Å²) >= 11 is 0. The molecule has 7 heteroatoms. The Morgan fingerprint density at radius 2 is 1.69 bits per heavy atom. The highest BCUT2D eigenvalue weighted by Gasteiger charge is 2.61. The SMILES string of the molecule is Cc1cccc(NC(=O)COC(=O)c2cccc(N3C(=O)[C@H]4[C@H]5CC[C@@H](C5)[C@@H]4C3=O)c2)c1. The van der Waals surface area contributed by atoms with Gasteiger partial charge in [-0.3, -0.25) is 19.3 Å². The summed E-state index contributed by atoms with van der Waals surface area (Å²) in [6.45, 7) is 1.47. The molecule has 0 spiro atoms. The van der Waals surface area contributed by atoms with Crippen molar-refractivity contribution in [1.29, 1.82) is 0 Å². The van der Waals surface area contributed by atoms with E-state index in [0.29, 0.717) is 23.2 Å². The van der Waals surface area contributed by atoms with Gasteiger partial charge in [0.2, 0.25) is 11.8 Å².